The molecule has 0 atom stereocenters. The lowest BCUT2D eigenvalue weighted by molar-refractivity contribution is 0.469. The molecule has 0 heterocycles. The summed E-state index contributed by atoms with van der Waals surface area (Å²) in [5, 5.41) is 10.9. The van der Waals surface area contributed by atoms with E-state index in [2.05, 4.69) is 12.8 Å². The molecule has 0 saturated carbocycles. The van der Waals surface area contributed by atoms with Crippen molar-refractivity contribution in [3.63, 3.8) is 0 Å². The predicted octanol–water partition coefficient (Wildman–Crippen LogP) is 0.289. The van der Waals surface area contributed by atoms with E-state index in [1.54, 1.807) is 0 Å². The van der Waals surface area contributed by atoms with Gasteiger partial charge in [0.05, 0.1) is 5.56 Å². The number of hydrogen-bond acceptors (Lipinski definition) is 1. The van der Waals surface area contributed by atoms with Crippen molar-refractivity contribution in [3.05, 3.63) is 22.3 Å². The molecular weight excluding hydrogens is 176 g/mol. The highest BCUT2D eigenvalue weighted by Gasteiger charge is 2.11. The number of phenols is 1. The second-order valence-electron chi connectivity index (χ2n) is 3.37. The first-order valence-corrected chi connectivity index (χ1v) is 5.26. The molecule has 0 fully saturated rings. The van der Waals surface area contributed by atoms with E-state index in [0.717, 1.165) is 26.6 Å². The van der Waals surface area contributed by atoms with Gasteiger partial charge in [-0.05, 0) is 42.6 Å². The van der Waals surface area contributed by atoms with Crippen molar-refractivity contribution in [1.82, 2.24) is 0 Å². The summed E-state index contributed by atoms with van der Waals surface area (Å²) in [6, 6.07) is 0. The number of terminal acetylenes is 1. The van der Waals surface area contributed by atoms with E-state index >= 15 is 0 Å². The van der Waals surface area contributed by atoms with Crippen LogP contribution in [-0.4, -0.2) is 15.3 Å². The van der Waals surface area contributed by atoms with Gasteiger partial charge in [0.15, 0.2) is 0 Å². The fraction of sp³-hybridized carbons (Fsp3) is 0.273. The monoisotopic (exact) mass is 190 g/mol. The fourth-order valence-corrected chi connectivity index (χ4v) is 2.23. The van der Waals surface area contributed by atoms with Crippen molar-refractivity contribution in [2.45, 2.75) is 20.8 Å². The van der Waals surface area contributed by atoms with Crippen LogP contribution in [-0.2, 0) is 0 Å². The van der Waals surface area contributed by atoms with Crippen molar-refractivity contribution in [3.8, 4) is 18.1 Å². The molecule has 1 aromatic carbocycles. The second-order valence-corrected chi connectivity index (χ2v) is 4.37. The summed E-state index contributed by atoms with van der Waals surface area (Å²) in [6.07, 6.45) is 5.35. The summed E-state index contributed by atoms with van der Waals surface area (Å²) in [7, 11) is 0.880. The fourth-order valence-electron chi connectivity index (χ4n) is 1.47. The van der Waals surface area contributed by atoms with Crippen LogP contribution >= 0.6 is 0 Å². The van der Waals surface area contributed by atoms with E-state index < -0.39 is 0 Å². The lowest BCUT2D eigenvalue weighted by Crippen LogP contribution is -2.15. The Morgan fingerprint density at radius 1 is 1.15 bits per heavy atom. The third-order valence-corrected chi connectivity index (χ3v) is 4.05. The Labute approximate surface area is 82.2 Å². The first-order valence-electron chi connectivity index (χ1n) is 4.26. The minimum Gasteiger partial charge on any atom is -0.506 e. The third kappa shape index (κ3) is 1.36. The van der Waals surface area contributed by atoms with Gasteiger partial charge in [-0.1, -0.05) is 5.92 Å². The van der Waals surface area contributed by atoms with Crippen LogP contribution < -0.4 is 5.19 Å². The summed E-state index contributed by atoms with van der Waals surface area (Å²) in [5.74, 6) is 2.84. The van der Waals surface area contributed by atoms with E-state index in [9.17, 15) is 5.11 Å². The highest BCUT2D eigenvalue weighted by atomic mass is 28.1. The van der Waals surface area contributed by atoms with Crippen molar-refractivity contribution in [2.24, 2.45) is 0 Å². The Morgan fingerprint density at radius 3 is 2.15 bits per heavy atom. The molecule has 1 rings (SSSR count). The number of phenolic OH excluding ortho intramolecular Hbond substituents is 1. The van der Waals surface area contributed by atoms with Crippen molar-refractivity contribution < 1.29 is 5.11 Å². The number of benzene rings is 1. The first kappa shape index (κ1) is 9.88. The van der Waals surface area contributed by atoms with Gasteiger partial charge in [0.25, 0.3) is 0 Å². The van der Waals surface area contributed by atoms with Crippen LogP contribution in [0.3, 0.4) is 0 Å². The molecule has 0 saturated heterocycles. The molecule has 0 unspecified atom stereocenters. The Morgan fingerprint density at radius 2 is 1.69 bits per heavy atom. The van der Waals surface area contributed by atoms with Crippen LogP contribution in [0.25, 0.3) is 0 Å². The molecule has 2 heteroatoms. The van der Waals surface area contributed by atoms with Crippen LogP contribution in [0.2, 0.25) is 0 Å². The minimum atomic E-state index is 0.288. The Bertz CT molecular complexity index is 371. The molecule has 0 aromatic heterocycles. The molecule has 68 valence electrons. The van der Waals surface area contributed by atoms with Crippen LogP contribution in [0.15, 0.2) is 0 Å². The van der Waals surface area contributed by atoms with Gasteiger partial charge < -0.3 is 5.11 Å². The molecule has 1 N–H and O–H groups in total. The Balaban J connectivity index is 3.69. The molecule has 0 spiro atoms. The quantitative estimate of drug-likeness (QED) is 0.460. The zero-order chi connectivity index (χ0) is 10.2. The average molecular weight is 190 g/mol. The van der Waals surface area contributed by atoms with Gasteiger partial charge in [0, 0.05) is 10.2 Å². The molecule has 0 amide bonds. The van der Waals surface area contributed by atoms with Gasteiger partial charge in [-0.25, -0.2) is 0 Å². The average Bonchev–Trinajstić information content (AvgIpc) is 2.13. The molecule has 1 aromatic rings. The topological polar surface area (TPSA) is 20.2 Å². The zero-order valence-corrected chi connectivity index (χ0v) is 10.5. The molecule has 13 heavy (non-hydrogen) atoms. The molecule has 0 aliphatic carbocycles. The summed E-state index contributed by atoms with van der Waals surface area (Å²) < 4.78 is 0. The van der Waals surface area contributed by atoms with Gasteiger partial charge >= 0.3 is 0 Å². The summed E-state index contributed by atoms with van der Waals surface area (Å²) in [5.41, 5.74) is 3.98. The standard InChI is InChI=1S/C11H14OSi/c1-5-9-10(12)7(3)6(2)8(4)11(9)13/h1,12H,2-4,13H3. The number of hydrogen-bond donors (Lipinski definition) is 1. The van der Waals surface area contributed by atoms with E-state index in [1.807, 2.05) is 13.8 Å². The van der Waals surface area contributed by atoms with Crippen LogP contribution in [0.5, 0.6) is 5.75 Å². The van der Waals surface area contributed by atoms with Gasteiger partial charge in [0.2, 0.25) is 0 Å². The Hall–Kier alpha value is -1.20. The maximum Gasteiger partial charge on any atom is 0.134 e. The van der Waals surface area contributed by atoms with Crippen molar-refractivity contribution in [1.29, 1.82) is 0 Å². The lowest BCUT2D eigenvalue weighted by atomic mass is 9.99. The normalized spacial score (nSPS) is 10.0. The smallest absolute Gasteiger partial charge is 0.134 e. The van der Waals surface area contributed by atoms with E-state index in [4.69, 9.17) is 6.42 Å². The molecular formula is C11H14OSi. The highest BCUT2D eigenvalue weighted by Crippen LogP contribution is 2.24. The van der Waals surface area contributed by atoms with Crippen LogP contribution in [0, 0.1) is 33.1 Å². The lowest BCUT2D eigenvalue weighted by Gasteiger charge is -2.13. The largest absolute Gasteiger partial charge is 0.506 e. The second kappa shape index (κ2) is 3.27. The first-order chi connectivity index (χ1) is 6.00. The van der Waals surface area contributed by atoms with Crippen LogP contribution in [0.4, 0.5) is 0 Å². The Kier molecular flexibility index (Phi) is 2.49. The molecule has 0 bridgehead atoms. The predicted molar refractivity (Wildman–Crippen MR) is 59.8 cm³/mol. The molecule has 0 aliphatic heterocycles. The highest BCUT2D eigenvalue weighted by molar-refractivity contribution is 6.35. The van der Waals surface area contributed by atoms with Crippen molar-refractivity contribution >= 4 is 15.4 Å². The third-order valence-electron chi connectivity index (χ3n) is 2.80. The van der Waals surface area contributed by atoms with Gasteiger partial charge in [-0.15, -0.1) is 6.42 Å². The molecule has 0 aliphatic rings. The van der Waals surface area contributed by atoms with Gasteiger partial charge in [-0.3, -0.25) is 0 Å². The van der Waals surface area contributed by atoms with Crippen molar-refractivity contribution in [2.75, 3.05) is 0 Å². The summed E-state index contributed by atoms with van der Waals surface area (Å²) >= 11 is 0. The molecule has 1 nitrogen and oxygen atoms in total. The summed E-state index contributed by atoms with van der Waals surface area (Å²) in [6.45, 7) is 5.98. The number of aromatic hydroxyl groups is 1. The van der Waals surface area contributed by atoms with E-state index in [-0.39, 0.29) is 5.75 Å². The van der Waals surface area contributed by atoms with E-state index in [1.165, 1.54) is 5.56 Å². The van der Waals surface area contributed by atoms with Crippen LogP contribution in [0.1, 0.15) is 22.3 Å². The minimum absolute atomic E-state index is 0.288. The zero-order valence-electron chi connectivity index (χ0n) is 8.52. The summed E-state index contributed by atoms with van der Waals surface area (Å²) in [4.78, 5) is 0. The SMILES string of the molecule is C#Cc1c(O)c(C)c(C)c(C)c1[SiH3]. The maximum absolute atomic E-state index is 9.76. The van der Waals surface area contributed by atoms with Gasteiger partial charge in [-0.2, -0.15) is 0 Å². The molecule has 0 radical (unpaired) electrons. The van der Waals surface area contributed by atoms with E-state index in [0.29, 0.717) is 5.56 Å². The van der Waals surface area contributed by atoms with Gasteiger partial charge in [0.1, 0.15) is 5.75 Å². The number of rotatable bonds is 0. The maximum atomic E-state index is 9.76.